The molecule has 17 heavy (non-hydrogen) atoms. The van der Waals surface area contributed by atoms with Crippen molar-refractivity contribution < 1.29 is 5.11 Å². The maximum atomic E-state index is 9.19. The smallest absolute Gasteiger partial charge is 0.115 e. The van der Waals surface area contributed by atoms with Crippen LogP contribution in [-0.4, -0.2) is 35.7 Å². The second-order valence-corrected chi connectivity index (χ2v) is 4.97. The van der Waals surface area contributed by atoms with Gasteiger partial charge in [-0.3, -0.25) is 0 Å². The summed E-state index contributed by atoms with van der Waals surface area (Å²) in [5.41, 5.74) is 7.25. The van der Waals surface area contributed by atoms with E-state index in [4.69, 9.17) is 5.73 Å². The van der Waals surface area contributed by atoms with Gasteiger partial charge in [0, 0.05) is 12.6 Å². The summed E-state index contributed by atoms with van der Waals surface area (Å²) < 4.78 is 0. The highest BCUT2D eigenvalue weighted by Crippen LogP contribution is 2.13. The molecule has 2 rings (SSSR count). The van der Waals surface area contributed by atoms with Gasteiger partial charge in [0.05, 0.1) is 0 Å². The van der Waals surface area contributed by atoms with Crippen LogP contribution in [0.25, 0.3) is 0 Å². The van der Waals surface area contributed by atoms with Crippen LogP contribution in [0, 0.1) is 0 Å². The SMILES string of the molecule is NC1CCCN(CCCc2ccc(O)cc2)C1. The van der Waals surface area contributed by atoms with Crippen molar-refractivity contribution in [3.63, 3.8) is 0 Å². The van der Waals surface area contributed by atoms with Gasteiger partial charge in [0.15, 0.2) is 0 Å². The summed E-state index contributed by atoms with van der Waals surface area (Å²) in [7, 11) is 0. The first kappa shape index (κ1) is 12.4. The van der Waals surface area contributed by atoms with Gasteiger partial charge in [0.25, 0.3) is 0 Å². The molecule has 0 spiro atoms. The van der Waals surface area contributed by atoms with E-state index in [9.17, 15) is 5.11 Å². The van der Waals surface area contributed by atoms with Crippen LogP contribution in [0.4, 0.5) is 0 Å². The van der Waals surface area contributed by atoms with Crippen molar-refractivity contribution in [1.29, 1.82) is 0 Å². The number of nitrogens with zero attached hydrogens (tertiary/aromatic N) is 1. The van der Waals surface area contributed by atoms with Crippen molar-refractivity contribution in [2.75, 3.05) is 19.6 Å². The molecule has 0 aliphatic carbocycles. The van der Waals surface area contributed by atoms with Crippen molar-refractivity contribution in [3.05, 3.63) is 29.8 Å². The van der Waals surface area contributed by atoms with Crippen LogP contribution in [0.1, 0.15) is 24.8 Å². The minimum Gasteiger partial charge on any atom is -0.508 e. The van der Waals surface area contributed by atoms with Gasteiger partial charge in [-0.05, 0) is 56.5 Å². The molecule has 1 atom stereocenters. The molecule has 0 saturated carbocycles. The maximum absolute atomic E-state index is 9.19. The Bertz CT molecular complexity index is 337. The van der Waals surface area contributed by atoms with Crippen LogP contribution in [0.3, 0.4) is 0 Å². The molecule has 3 heteroatoms. The lowest BCUT2D eigenvalue weighted by atomic mass is 10.1. The molecule has 94 valence electrons. The summed E-state index contributed by atoms with van der Waals surface area (Å²) in [5.74, 6) is 0.343. The molecule has 1 aromatic carbocycles. The normalized spacial score (nSPS) is 21.6. The van der Waals surface area contributed by atoms with E-state index in [0.717, 1.165) is 25.9 Å². The average molecular weight is 234 g/mol. The van der Waals surface area contributed by atoms with Crippen molar-refractivity contribution in [3.8, 4) is 5.75 Å². The number of nitrogens with two attached hydrogens (primary N) is 1. The van der Waals surface area contributed by atoms with Gasteiger partial charge < -0.3 is 15.7 Å². The topological polar surface area (TPSA) is 49.5 Å². The Morgan fingerprint density at radius 1 is 1.29 bits per heavy atom. The van der Waals surface area contributed by atoms with Crippen LogP contribution in [0.2, 0.25) is 0 Å². The first-order chi connectivity index (χ1) is 8.24. The predicted molar refractivity (Wildman–Crippen MR) is 70.1 cm³/mol. The largest absolute Gasteiger partial charge is 0.508 e. The number of aryl methyl sites for hydroxylation is 1. The first-order valence-corrected chi connectivity index (χ1v) is 6.50. The number of piperidine rings is 1. The standard InChI is InChI=1S/C14H22N2O/c15-13-4-2-10-16(11-13)9-1-3-12-5-7-14(17)8-6-12/h5-8,13,17H,1-4,9-11,15H2. The molecule has 0 aromatic heterocycles. The van der Waals surface area contributed by atoms with Crippen LogP contribution < -0.4 is 5.73 Å². The van der Waals surface area contributed by atoms with Crippen molar-refractivity contribution >= 4 is 0 Å². The van der Waals surface area contributed by atoms with Gasteiger partial charge >= 0.3 is 0 Å². The number of benzene rings is 1. The Kier molecular flexibility index (Phi) is 4.40. The van der Waals surface area contributed by atoms with E-state index in [1.165, 1.54) is 24.9 Å². The highest BCUT2D eigenvalue weighted by molar-refractivity contribution is 5.25. The Hall–Kier alpha value is -1.06. The quantitative estimate of drug-likeness (QED) is 0.834. The highest BCUT2D eigenvalue weighted by atomic mass is 16.3. The third-order valence-electron chi connectivity index (χ3n) is 3.42. The minimum atomic E-state index is 0.343. The molecule has 1 heterocycles. The minimum absolute atomic E-state index is 0.343. The highest BCUT2D eigenvalue weighted by Gasteiger charge is 2.15. The zero-order valence-electron chi connectivity index (χ0n) is 10.3. The fourth-order valence-electron chi connectivity index (χ4n) is 2.46. The number of aromatic hydroxyl groups is 1. The summed E-state index contributed by atoms with van der Waals surface area (Å²) in [6.07, 6.45) is 4.65. The average Bonchev–Trinajstić information content (AvgIpc) is 2.32. The zero-order chi connectivity index (χ0) is 12.1. The van der Waals surface area contributed by atoms with E-state index in [2.05, 4.69) is 4.90 Å². The molecule has 3 nitrogen and oxygen atoms in total. The van der Waals surface area contributed by atoms with E-state index < -0.39 is 0 Å². The lowest BCUT2D eigenvalue weighted by Crippen LogP contribution is -2.43. The number of rotatable bonds is 4. The number of phenols is 1. The Balaban J connectivity index is 1.70. The lowest BCUT2D eigenvalue weighted by Gasteiger charge is -2.30. The molecule has 1 unspecified atom stereocenters. The molecule has 0 radical (unpaired) electrons. The molecule has 1 saturated heterocycles. The maximum Gasteiger partial charge on any atom is 0.115 e. The molecule has 1 aliphatic heterocycles. The van der Waals surface area contributed by atoms with Gasteiger partial charge in [-0.1, -0.05) is 12.1 Å². The fourth-order valence-corrected chi connectivity index (χ4v) is 2.46. The van der Waals surface area contributed by atoms with Crippen molar-refractivity contribution in [2.45, 2.75) is 31.7 Å². The molecule has 1 aliphatic rings. The Morgan fingerprint density at radius 2 is 2.06 bits per heavy atom. The summed E-state index contributed by atoms with van der Waals surface area (Å²) >= 11 is 0. The second kappa shape index (κ2) is 6.03. The first-order valence-electron chi connectivity index (χ1n) is 6.50. The second-order valence-electron chi connectivity index (χ2n) is 4.97. The summed E-state index contributed by atoms with van der Waals surface area (Å²) in [4.78, 5) is 2.47. The van der Waals surface area contributed by atoms with E-state index in [0.29, 0.717) is 11.8 Å². The van der Waals surface area contributed by atoms with Crippen molar-refractivity contribution in [1.82, 2.24) is 4.90 Å². The van der Waals surface area contributed by atoms with Gasteiger partial charge in [-0.25, -0.2) is 0 Å². The van der Waals surface area contributed by atoms with Crippen LogP contribution in [-0.2, 0) is 6.42 Å². The number of likely N-dealkylation sites (tertiary alicyclic amines) is 1. The van der Waals surface area contributed by atoms with Crippen LogP contribution in [0.15, 0.2) is 24.3 Å². The fraction of sp³-hybridized carbons (Fsp3) is 0.571. The molecule has 0 bridgehead atoms. The monoisotopic (exact) mass is 234 g/mol. The van der Waals surface area contributed by atoms with Gasteiger partial charge in [-0.15, -0.1) is 0 Å². The summed E-state index contributed by atoms with van der Waals surface area (Å²) in [6.45, 7) is 3.38. The predicted octanol–water partition coefficient (Wildman–Crippen LogP) is 1.75. The Morgan fingerprint density at radius 3 is 2.76 bits per heavy atom. The van der Waals surface area contributed by atoms with Gasteiger partial charge in [0.1, 0.15) is 5.75 Å². The molecule has 3 N–H and O–H groups in total. The molecule has 1 fully saturated rings. The van der Waals surface area contributed by atoms with Crippen LogP contribution in [0.5, 0.6) is 5.75 Å². The van der Waals surface area contributed by atoms with E-state index in [1.807, 2.05) is 12.1 Å². The zero-order valence-corrected chi connectivity index (χ0v) is 10.3. The number of hydrogen-bond donors (Lipinski definition) is 2. The van der Waals surface area contributed by atoms with E-state index in [-0.39, 0.29) is 0 Å². The lowest BCUT2D eigenvalue weighted by molar-refractivity contribution is 0.207. The molecular formula is C14H22N2O. The van der Waals surface area contributed by atoms with E-state index >= 15 is 0 Å². The third kappa shape index (κ3) is 4.02. The van der Waals surface area contributed by atoms with Crippen LogP contribution >= 0.6 is 0 Å². The van der Waals surface area contributed by atoms with Gasteiger partial charge in [-0.2, -0.15) is 0 Å². The van der Waals surface area contributed by atoms with E-state index in [1.54, 1.807) is 12.1 Å². The number of hydrogen-bond acceptors (Lipinski definition) is 3. The van der Waals surface area contributed by atoms with Gasteiger partial charge in [0.2, 0.25) is 0 Å². The van der Waals surface area contributed by atoms with Crippen molar-refractivity contribution in [2.24, 2.45) is 5.73 Å². The summed E-state index contributed by atoms with van der Waals surface area (Å²) in [6, 6.07) is 7.88. The molecular weight excluding hydrogens is 212 g/mol. The third-order valence-corrected chi connectivity index (χ3v) is 3.42. The molecule has 1 aromatic rings. The molecule has 0 amide bonds. The number of phenolic OH excluding ortho intramolecular Hbond substituents is 1. The Labute approximate surface area is 103 Å². The summed E-state index contributed by atoms with van der Waals surface area (Å²) in [5, 5.41) is 9.19.